The molecular formula is C24H33ClN2O4. The number of ether oxygens (including phenoxy) is 3. The van der Waals surface area contributed by atoms with Crippen LogP contribution in [-0.4, -0.2) is 58.3 Å². The van der Waals surface area contributed by atoms with Crippen LogP contribution in [-0.2, 0) is 4.79 Å². The number of hydrogen-bond acceptors (Lipinski definition) is 5. The van der Waals surface area contributed by atoms with Crippen molar-refractivity contribution in [1.82, 2.24) is 10.2 Å². The van der Waals surface area contributed by atoms with Crippen LogP contribution in [0.4, 0.5) is 0 Å². The molecule has 1 N–H and O–H groups in total. The molecule has 2 aromatic carbocycles. The van der Waals surface area contributed by atoms with Gasteiger partial charge in [-0.1, -0.05) is 44.2 Å². The maximum absolute atomic E-state index is 13.1. The van der Waals surface area contributed by atoms with Crippen molar-refractivity contribution in [2.24, 2.45) is 0 Å². The Morgan fingerprint density at radius 2 is 1.52 bits per heavy atom. The number of likely N-dealkylation sites (N-methyl/N-ethyl adjacent to an activating group) is 1. The van der Waals surface area contributed by atoms with E-state index in [0.717, 1.165) is 30.8 Å². The largest absolute Gasteiger partial charge is 0.496 e. The average molecular weight is 449 g/mol. The summed E-state index contributed by atoms with van der Waals surface area (Å²) in [6, 6.07) is 13.2. The minimum atomic E-state index is -0.134. The van der Waals surface area contributed by atoms with Crippen molar-refractivity contribution in [1.29, 1.82) is 0 Å². The van der Waals surface area contributed by atoms with Gasteiger partial charge in [0.25, 0.3) is 5.91 Å². The van der Waals surface area contributed by atoms with Gasteiger partial charge in [-0.15, -0.1) is 12.4 Å². The lowest BCUT2D eigenvalue weighted by atomic mass is 10.0. The van der Waals surface area contributed by atoms with E-state index >= 15 is 0 Å². The molecule has 0 spiro atoms. The van der Waals surface area contributed by atoms with Crippen molar-refractivity contribution in [3.63, 3.8) is 0 Å². The summed E-state index contributed by atoms with van der Waals surface area (Å²) in [4.78, 5) is 15.4. The molecule has 170 valence electrons. The molecule has 0 fully saturated rings. The molecule has 7 heteroatoms. The summed E-state index contributed by atoms with van der Waals surface area (Å²) in [6.07, 6.45) is 1.82. The zero-order valence-electron chi connectivity index (χ0n) is 18.9. The second kappa shape index (κ2) is 13.6. The third-order valence-electron chi connectivity index (χ3n) is 4.97. The first-order valence-electron chi connectivity index (χ1n) is 10.2. The van der Waals surface area contributed by atoms with Crippen LogP contribution in [0.25, 0.3) is 11.6 Å². The van der Waals surface area contributed by atoms with Gasteiger partial charge in [0.2, 0.25) is 0 Å². The summed E-state index contributed by atoms with van der Waals surface area (Å²) in [5.41, 5.74) is 2.11. The van der Waals surface area contributed by atoms with Crippen molar-refractivity contribution in [2.75, 3.05) is 47.5 Å². The first kappa shape index (κ1) is 26.3. The Morgan fingerprint density at radius 1 is 0.935 bits per heavy atom. The topological polar surface area (TPSA) is 60.0 Å². The Bertz CT molecular complexity index is 852. The lowest BCUT2D eigenvalue weighted by Crippen LogP contribution is -2.35. The van der Waals surface area contributed by atoms with Crippen molar-refractivity contribution >= 4 is 30.0 Å². The van der Waals surface area contributed by atoms with E-state index in [9.17, 15) is 4.79 Å². The molecule has 0 unspecified atom stereocenters. The van der Waals surface area contributed by atoms with Gasteiger partial charge in [-0.05, 0) is 30.8 Å². The predicted octanol–water partition coefficient (Wildman–Crippen LogP) is 4.13. The normalized spacial score (nSPS) is 11.0. The van der Waals surface area contributed by atoms with E-state index in [1.54, 1.807) is 27.4 Å². The zero-order valence-corrected chi connectivity index (χ0v) is 19.8. The Hall–Kier alpha value is -2.70. The number of carbonyl (C=O) groups excluding carboxylic acids is 1. The Balaban J connectivity index is 0.00000480. The molecule has 0 heterocycles. The fourth-order valence-electron chi connectivity index (χ4n) is 3.18. The lowest BCUT2D eigenvalue weighted by molar-refractivity contribution is -0.115. The third-order valence-corrected chi connectivity index (χ3v) is 4.97. The highest BCUT2D eigenvalue weighted by atomic mass is 35.5. The summed E-state index contributed by atoms with van der Waals surface area (Å²) in [5, 5.41) is 3.04. The highest BCUT2D eigenvalue weighted by molar-refractivity contribution is 6.24. The second-order valence-electron chi connectivity index (χ2n) is 6.66. The van der Waals surface area contributed by atoms with Crippen molar-refractivity contribution in [3.05, 3.63) is 53.6 Å². The molecule has 0 aliphatic carbocycles. The van der Waals surface area contributed by atoms with E-state index < -0.39 is 0 Å². The van der Waals surface area contributed by atoms with Gasteiger partial charge in [0.05, 0.1) is 21.3 Å². The van der Waals surface area contributed by atoms with Gasteiger partial charge in [0.15, 0.2) is 11.5 Å². The molecule has 0 atom stereocenters. The van der Waals surface area contributed by atoms with Gasteiger partial charge in [-0.3, -0.25) is 4.79 Å². The highest BCUT2D eigenvalue weighted by Crippen LogP contribution is 2.36. The molecular weight excluding hydrogens is 416 g/mol. The Kier molecular flexibility index (Phi) is 11.5. The zero-order chi connectivity index (χ0) is 21.9. The highest BCUT2D eigenvalue weighted by Gasteiger charge is 2.16. The van der Waals surface area contributed by atoms with Crippen LogP contribution in [0.5, 0.6) is 17.2 Å². The number of benzene rings is 2. The van der Waals surface area contributed by atoms with Crippen LogP contribution in [0.15, 0.2) is 42.5 Å². The maximum Gasteiger partial charge on any atom is 0.251 e. The molecule has 0 aliphatic heterocycles. The minimum absolute atomic E-state index is 0. The predicted molar refractivity (Wildman–Crippen MR) is 128 cm³/mol. The average Bonchev–Trinajstić information content (AvgIpc) is 2.80. The molecule has 0 saturated heterocycles. The van der Waals surface area contributed by atoms with Crippen molar-refractivity contribution in [3.8, 4) is 17.2 Å². The van der Waals surface area contributed by atoms with Crippen LogP contribution in [0.1, 0.15) is 25.0 Å². The SMILES string of the molecule is CCN(CC)CCNC(=O)/C(=C\c1cc(OC)c(OC)cc1OC)c1ccccc1.Cl. The van der Waals surface area contributed by atoms with E-state index in [-0.39, 0.29) is 18.3 Å². The van der Waals surface area contributed by atoms with Crippen LogP contribution < -0.4 is 19.5 Å². The number of carbonyl (C=O) groups is 1. The molecule has 0 saturated carbocycles. The molecule has 0 aliphatic rings. The third kappa shape index (κ3) is 7.19. The minimum Gasteiger partial charge on any atom is -0.496 e. The second-order valence-corrected chi connectivity index (χ2v) is 6.66. The van der Waals surface area contributed by atoms with Gasteiger partial charge in [0, 0.05) is 30.3 Å². The Morgan fingerprint density at radius 3 is 2.06 bits per heavy atom. The van der Waals surface area contributed by atoms with Crippen molar-refractivity contribution < 1.29 is 19.0 Å². The molecule has 0 bridgehead atoms. The summed E-state index contributed by atoms with van der Waals surface area (Å²) in [7, 11) is 4.74. The Labute approximate surface area is 191 Å². The number of nitrogens with zero attached hydrogens (tertiary/aromatic N) is 1. The van der Waals surface area contributed by atoms with E-state index in [1.165, 1.54) is 0 Å². The van der Waals surface area contributed by atoms with E-state index in [0.29, 0.717) is 29.4 Å². The standard InChI is InChI=1S/C24H32N2O4.ClH/c1-6-26(7-2)14-13-25-24(27)20(18-11-9-8-10-12-18)15-19-16-22(29-4)23(30-5)17-21(19)28-3;/h8-12,15-17H,6-7,13-14H2,1-5H3,(H,25,27);1H/b20-15-;. The molecule has 2 rings (SSSR count). The first-order chi connectivity index (χ1) is 14.6. The number of amides is 1. The molecule has 31 heavy (non-hydrogen) atoms. The maximum atomic E-state index is 13.1. The van der Waals surface area contributed by atoms with Gasteiger partial charge in [-0.2, -0.15) is 0 Å². The number of methoxy groups -OCH3 is 3. The molecule has 6 nitrogen and oxygen atoms in total. The summed E-state index contributed by atoms with van der Waals surface area (Å²) in [6.45, 7) is 7.52. The van der Waals surface area contributed by atoms with Crippen LogP contribution >= 0.6 is 12.4 Å². The quantitative estimate of drug-likeness (QED) is 0.413. The van der Waals surface area contributed by atoms with Gasteiger partial charge < -0.3 is 24.4 Å². The number of halogens is 1. The van der Waals surface area contributed by atoms with Crippen molar-refractivity contribution in [2.45, 2.75) is 13.8 Å². The monoisotopic (exact) mass is 448 g/mol. The summed E-state index contributed by atoms with van der Waals surface area (Å²) in [5.74, 6) is 1.59. The van der Waals surface area contributed by atoms with Gasteiger partial charge >= 0.3 is 0 Å². The smallest absolute Gasteiger partial charge is 0.251 e. The molecule has 2 aromatic rings. The van der Waals surface area contributed by atoms with Crippen LogP contribution in [0, 0.1) is 0 Å². The van der Waals surface area contributed by atoms with Crippen LogP contribution in [0.3, 0.4) is 0 Å². The molecule has 1 amide bonds. The van der Waals surface area contributed by atoms with E-state index in [1.807, 2.05) is 42.5 Å². The van der Waals surface area contributed by atoms with Crippen LogP contribution in [0.2, 0.25) is 0 Å². The first-order valence-corrected chi connectivity index (χ1v) is 10.2. The lowest BCUT2D eigenvalue weighted by Gasteiger charge is -2.18. The summed E-state index contributed by atoms with van der Waals surface area (Å²) >= 11 is 0. The fraction of sp³-hybridized carbons (Fsp3) is 0.375. The number of nitrogens with one attached hydrogen (secondary N) is 1. The van der Waals surface area contributed by atoms with E-state index in [4.69, 9.17) is 14.2 Å². The van der Waals surface area contributed by atoms with Gasteiger partial charge in [0.1, 0.15) is 5.75 Å². The molecule has 0 aromatic heterocycles. The summed E-state index contributed by atoms with van der Waals surface area (Å²) < 4.78 is 16.3. The van der Waals surface area contributed by atoms with Gasteiger partial charge in [-0.25, -0.2) is 0 Å². The number of rotatable bonds is 11. The fourth-order valence-corrected chi connectivity index (χ4v) is 3.18. The molecule has 0 radical (unpaired) electrons. The number of hydrogen-bond donors (Lipinski definition) is 1. The van der Waals surface area contributed by atoms with E-state index in [2.05, 4.69) is 24.1 Å².